The number of hydrogen-bond donors (Lipinski definition) is 3. The van der Waals surface area contributed by atoms with E-state index in [1.807, 2.05) is 49.4 Å². The molecule has 0 saturated carbocycles. The largest absolute Gasteiger partial charge is 0.387 e. The van der Waals surface area contributed by atoms with Crippen molar-refractivity contribution in [2.75, 3.05) is 19.0 Å². The number of urea groups is 1. The topological polar surface area (TPSA) is 70.6 Å². The van der Waals surface area contributed by atoms with Crippen LogP contribution in [0.2, 0.25) is 0 Å². The first kappa shape index (κ1) is 17.0. The number of amides is 2. The highest BCUT2D eigenvalue weighted by molar-refractivity contribution is 5.89. The van der Waals surface area contributed by atoms with Gasteiger partial charge >= 0.3 is 6.03 Å². The molecule has 23 heavy (non-hydrogen) atoms. The van der Waals surface area contributed by atoms with Crippen LogP contribution in [0, 0.1) is 6.92 Å². The smallest absolute Gasteiger partial charge is 0.319 e. The molecule has 2 aromatic rings. The molecule has 2 amide bonds. The summed E-state index contributed by atoms with van der Waals surface area (Å²) in [6, 6.07) is 14.6. The van der Waals surface area contributed by atoms with E-state index in [1.165, 1.54) is 0 Å². The monoisotopic (exact) mass is 314 g/mol. The number of anilines is 1. The number of carbonyl (C=O) groups is 1. The second-order valence-corrected chi connectivity index (χ2v) is 5.34. The Hall–Kier alpha value is -2.37. The standard InChI is InChI=1S/C18H22N2O3/c1-13-6-3-4-9-16(13)17(21)11-19-18(22)20-15-8-5-7-14(10-15)12-23-2/h3-10,17,21H,11-12H2,1-2H3,(H2,19,20,22). The summed E-state index contributed by atoms with van der Waals surface area (Å²) in [6.45, 7) is 2.57. The van der Waals surface area contributed by atoms with Crippen LogP contribution in [0.1, 0.15) is 22.8 Å². The minimum absolute atomic E-state index is 0.147. The number of nitrogens with one attached hydrogen (secondary N) is 2. The maximum Gasteiger partial charge on any atom is 0.319 e. The molecule has 5 nitrogen and oxygen atoms in total. The number of aliphatic hydroxyl groups is 1. The van der Waals surface area contributed by atoms with Crippen LogP contribution >= 0.6 is 0 Å². The first-order chi connectivity index (χ1) is 11.1. The third-order valence-corrected chi connectivity index (χ3v) is 3.50. The van der Waals surface area contributed by atoms with Gasteiger partial charge in [0.05, 0.1) is 12.7 Å². The first-order valence-electron chi connectivity index (χ1n) is 7.46. The van der Waals surface area contributed by atoms with Gasteiger partial charge in [0.25, 0.3) is 0 Å². The number of aliphatic hydroxyl groups excluding tert-OH is 1. The van der Waals surface area contributed by atoms with Crippen LogP contribution in [0.3, 0.4) is 0 Å². The molecule has 2 rings (SSSR count). The molecule has 5 heteroatoms. The van der Waals surface area contributed by atoms with Crippen LogP contribution < -0.4 is 10.6 Å². The number of ether oxygens (including phenoxy) is 1. The van der Waals surface area contributed by atoms with E-state index in [1.54, 1.807) is 13.2 Å². The SMILES string of the molecule is COCc1cccc(NC(=O)NCC(O)c2ccccc2C)c1. The number of carbonyl (C=O) groups excluding carboxylic acids is 1. The van der Waals surface area contributed by atoms with Crippen LogP contribution in [0.4, 0.5) is 10.5 Å². The number of methoxy groups -OCH3 is 1. The van der Waals surface area contributed by atoms with Crippen molar-refractivity contribution in [2.45, 2.75) is 19.6 Å². The quantitative estimate of drug-likeness (QED) is 0.767. The van der Waals surface area contributed by atoms with E-state index in [0.717, 1.165) is 16.7 Å². The molecule has 0 aliphatic carbocycles. The third-order valence-electron chi connectivity index (χ3n) is 3.50. The van der Waals surface area contributed by atoms with E-state index < -0.39 is 6.10 Å². The molecule has 0 spiro atoms. The van der Waals surface area contributed by atoms with Gasteiger partial charge in [-0.15, -0.1) is 0 Å². The molecular formula is C18H22N2O3. The predicted octanol–water partition coefficient (Wildman–Crippen LogP) is 3.00. The van der Waals surface area contributed by atoms with Crippen LogP contribution in [-0.2, 0) is 11.3 Å². The summed E-state index contributed by atoms with van der Waals surface area (Å²) in [4.78, 5) is 11.9. The fourth-order valence-corrected chi connectivity index (χ4v) is 2.34. The van der Waals surface area contributed by atoms with E-state index in [2.05, 4.69) is 10.6 Å². The molecule has 0 aliphatic heterocycles. The molecular weight excluding hydrogens is 292 g/mol. The van der Waals surface area contributed by atoms with Gasteiger partial charge in [-0.25, -0.2) is 4.79 Å². The van der Waals surface area contributed by atoms with E-state index in [-0.39, 0.29) is 12.6 Å². The second-order valence-electron chi connectivity index (χ2n) is 5.34. The zero-order chi connectivity index (χ0) is 16.7. The zero-order valence-corrected chi connectivity index (χ0v) is 13.4. The van der Waals surface area contributed by atoms with Crippen LogP contribution in [0.25, 0.3) is 0 Å². The number of rotatable bonds is 6. The maximum absolute atomic E-state index is 11.9. The Morgan fingerprint density at radius 1 is 1.22 bits per heavy atom. The number of benzene rings is 2. The lowest BCUT2D eigenvalue weighted by Crippen LogP contribution is -2.32. The zero-order valence-electron chi connectivity index (χ0n) is 13.4. The van der Waals surface area contributed by atoms with E-state index in [9.17, 15) is 9.90 Å². The van der Waals surface area contributed by atoms with Crippen molar-refractivity contribution in [2.24, 2.45) is 0 Å². The predicted molar refractivity (Wildman–Crippen MR) is 90.3 cm³/mol. The summed E-state index contributed by atoms with van der Waals surface area (Å²) in [5, 5.41) is 15.6. The van der Waals surface area contributed by atoms with Crippen molar-refractivity contribution in [3.63, 3.8) is 0 Å². The Morgan fingerprint density at radius 3 is 2.74 bits per heavy atom. The average molecular weight is 314 g/mol. The minimum atomic E-state index is -0.734. The van der Waals surface area contributed by atoms with Crippen molar-refractivity contribution in [1.82, 2.24) is 5.32 Å². The summed E-state index contributed by atoms with van der Waals surface area (Å²) >= 11 is 0. The maximum atomic E-state index is 11.9. The molecule has 3 N–H and O–H groups in total. The summed E-state index contributed by atoms with van der Waals surface area (Å²) < 4.78 is 5.07. The van der Waals surface area contributed by atoms with Crippen LogP contribution in [-0.4, -0.2) is 24.8 Å². The molecule has 1 unspecified atom stereocenters. The van der Waals surface area contributed by atoms with Gasteiger partial charge in [0.15, 0.2) is 0 Å². The number of hydrogen-bond acceptors (Lipinski definition) is 3. The molecule has 1 atom stereocenters. The van der Waals surface area contributed by atoms with E-state index >= 15 is 0 Å². The molecule has 2 aromatic carbocycles. The summed E-state index contributed by atoms with van der Waals surface area (Å²) in [5.41, 5.74) is 3.47. The fourth-order valence-electron chi connectivity index (χ4n) is 2.34. The van der Waals surface area contributed by atoms with Gasteiger partial charge in [-0.3, -0.25) is 0 Å². The molecule has 122 valence electrons. The van der Waals surface area contributed by atoms with Gasteiger partial charge in [0.1, 0.15) is 0 Å². The average Bonchev–Trinajstić information content (AvgIpc) is 2.54. The van der Waals surface area contributed by atoms with Crippen molar-refractivity contribution >= 4 is 11.7 Å². The highest BCUT2D eigenvalue weighted by Gasteiger charge is 2.11. The highest BCUT2D eigenvalue weighted by Crippen LogP contribution is 2.16. The molecule has 0 fully saturated rings. The van der Waals surface area contributed by atoms with Gasteiger partial charge < -0.3 is 20.5 Å². The van der Waals surface area contributed by atoms with E-state index in [4.69, 9.17) is 4.74 Å². The normalized spacial score (nSPS) is 11.8. The second kappa shape index (κ2) is 8.31. The van der Waals surface area contributed by atoms with E-state index in [0.29, 0.717) is 12.3 Å². The van der Waals surface area contributed by atoms with Crippen molar-refractivity contribution < 1.29 is 14.6 Å². The Kier molecular flexibility index (Phi) is 6.14. The van der Waals surface area contributed by atoms with Crippen molar-refractivity contribution in [1.29, 1.82) is 0 Å². The van der Waals surface area contributed by atoms with Crippen molar-refractivity contribution in [3.05, 3.63) is 65.2 Å². The summed E-state index contributed by atoms with van der Waals surface area (Å²) in [5.74, 6) is 0. The van der Waals surface area contributed by atoms with Crippen LogP contribution in [0.15, 0.2) is 48.5 Å². The lowest BCUT2D eigenvalue weighted by Gasteiger charge is -2.15. The fraction of sp³-hybridized carbons (Fsp3) is 0.278. The van der Waals surface area contributed by atoms with Crippen molar-refractivity contribution in [3.8, 4) is 0 Å². The molecule has 0 aromatic heterocycles. The molecule has 0 radical (unpaired) electrons. The molecule has 0 bridgehead atoms. The third kappa shape index (κ3) is 5.09. The summed E-state index contributed by atoms with van der Waals surface area (Å²) in [7, 11) is 1.62. The lowest BCUT2D eigenvalue weighted by molar-refractivity contribution is 0.174. The Labute approximate surface area is 136 Å². The molecule has 0 heterocycles. The highest BCUT2D eigenvalue weighted by atomic mass is 16.5. The van der Waals surface area contributed by atoms with Gasteiger partial charge in [-0.05, 0) is 35.7 Å². The molecule has 0 saturated heterocycles. The van der Waals surface area contributed by atoms with Gasteiger partial charge in [-0.2, -0.15) is 0 Å². The first-order valence-corrected chi connectivity index (χ1v) is 7.46. The van der Waals surface area contributed by atoms with Gasteiger partial charge in [0, 0.05) is 19.3 Å². The number of aryl methyl sites for hydroxylation is 1. The minimum Gasteiger partial charge on any atom is -0.387 e. The summed E-state index contributed by atoms with van der Waals surface area (Å²) in [6.07, 6.45) is -0.734. The Bertz CT molecular complexity index is 658. The lowest BCUT2D eigenvalue weighted by atomic mass is 10.0. The Balaban J connectivity index is 1.88. The Morgan fingerprint density at radius 2 is 2.00 bits per heavy atom. The van der Waals surface area contributed by atoms with Gasteiger partial charge in [0.2, 0.25) is 0 Å². The van der Waals surface area contributed by atoms with Crippen LogP contribution in [0.5, 0.6) is 0 Å². The molecule has 0 aliphatic rings. The van der Waals surface area contributed by atoms with Gasteiger partial charge in [-0.1, -0.05) is 36.4 Å².